The van der Waals surface area contributed by atoms with Gasteiger partial charge in [-0.3, -0.25) is 4.90 Å². The van der Waals surface area contributed by atoms with Crippen molar-refractivity contribution in [1.29, 1.82) is 0 Å². The summed E-state index contributed by atoms with van der Waals surface area (Å²) in [5.41, 5.74) is 6.41. The van der Waals surface area contributed by atoms with Crippen LogP contribution in [-0.4, -0.2) is 54.8 Å². The van der Waals surface area contributed by atoms with E-state index in [4.69, 9.17) is 10.5 Å². The SMILES string of the molecule is COC1CCC(CN)(N2CCC(SC)CC2)CC1. The van der Waals surface area contributed by atoms with Crippen molar-refractivity contribution >= 4 is 11.8 Å². The molecule has 0 unspecified atom stereocenters. The van der Waals surface area contributed by atoms with E-state index >= 15 is 0 Å². The predicted octanol–water partition coefficient (Wildman–Crippen LogP) is 2.10. The smallest absolute Gasteiger partial charge is 0.0572 e. The van der Waals surface area contributed by atoms with Crippen molar-refractivity contribution in [2.24, 2.45) is 5.73 Å². The van der Waals surface area contributed by atoms with Gasteiger partial charge in [-0.1, -0.05) is 0 Å². The number of thioether (sulfide) groups is 1. The van der Waals surface area contributed by atoms with Gasteiger partial charge in [-0.2, -0.15) is 11.8 Å². The zero-order chi connectivity index (χ0) is 13.0. The lowest BCUT2D eigenvalue weighted by Crippen LogP contribution is -2.58. The molecule has 2 N–H and O–H groups in total. The minimum atomic E-state index is 0.276. The van der Waals surface area contributed by atoms with E-state index < -0.39 is 0 Å². The number of hydrogen-bond donors (Lipinski definition) is 1. The lowest BCUT2D eigenvalue weighted by atomic mass is 9.78. The van der Waals surface area contributed by atoms with E-state index in [0.717, 1.165) is 11.8 Å². The number of hydrogen-bond acceptors (Lipinski definition) is 4. The van der Waals surface area contributed by atoms with E-state index in [0.29, 0.717) is 6.10 Å². The summed E-state index contributed by atoms with van der Waals surface area (Å²) >= 11 is 2.03. The quantitative estimate of drug-likeness (QED) is 0.850. The van der Waals surface area contributed by atoms with Crippen molar-refractivity contribution < 1.29 is 4.74 Å². The summed E-state index contributed by atoms with van der Waals surface area (Å²) in [7, 11) is 1.84. The molecular formula is C14H28N2OS. The van der Waals surface area contributed by atoms with E-state index in [1.54, 1.807) is 0 Å². The zero-order valence-corrected chi connectivity index (χ0v) is 12.7. The van der Waals surface area contributed by atoms with Crippen LogP contribution >= 0.6 is 11.8 Å². The minimum Gasteiger partial charge on any atom is -0.381 e. The summed E-state index contributed by atoms with van der Waals surface area (Å²) in [4.78, 5) is 2.69. The largest absolute Gasteiger partial charge is 0.381 e. The number of piperidine rings is 1. The molecule has 2 rings (SSSR count). The zero-order valence-electron chi connectivity index (χ0n) is 11.9. The Morgan fingerprint density at radius 1 is 1.22 bits per heavy atom. The topological polar surface area (TPSA) is 38.5 Å². The van der Waals surface area contributed by atoms with Gasteiger partial charge in [0.25, 0.3) is 0 Å². The van der Waals surface area contributed by atoms with Crippen molar-refractivity contribution in [3.63, 3.8) is 0 Å². The molecular weight excluding hydrogens is 244 g/mol. The van der Waals surface area contributed by atoms with Gasteiger partial charge >= 0.3 is 0 Å². The molecule has 2 aliphatic rings. The second kappa shape index (κ2) is 6.60. The van der Waals surface area contributed by atoms with Gasteiger partial charge in [-0.15, -0.1) is 0 Å². The minimum absolute atomic E-state index is 0.276. The van der Waals surface area contributed by atoms with Crippen LogP contribution < -0.4 is 5.73 Å². The molecule has 0 aromatic heterocycles. The Hall–Kier alpha value is 0.230. The van der Waals surface area contributed by atoms with Gasteiger partial charge in [0.1, 0.15) is 0 Å². The van der Waals surface area contributed by atoms with Gasteiger partial charge in [-0.25, -0.2) is 0 Å². The van der Waals surface area contributed by atoms with Gasteiger partial charge in [-0.05, 0) is 57.9 Å². The van der Waals surface area contributed by atoms with Crippen LogP contribution in [-0.2, 0) is 4.74 Å². The van der Waals surface area contributed by atoms with E-state index in [2.05, 4.69) is 11.2 Å². The average molecular weight is 272 g/mol. The second-order valence-corrected chi connectivity index (χ2v) is 6.92. The molecule has 0 amide bonds. The van der Waals surface area contributed by atoms with Crippen molar-refractivity contribution in [3.8, 4) is 0 Å². The number of rotatable bonds is 4. The number of nitrogens with two attached hydrogens (primary N) is 1. The summed E-state index contributed by atoms with van der Waals surface area (Å²) in [5.74, 6) is 0. The van der Waals surface area contributed by atoms with Gasteiger partial charge in [0.05, 0.1) is 6.10 Å². The van der Waals surface area contributed by atoms with Crippen LogP contribution in [0.5, 0.6) is 0 Å². The standard InChI is InChI=1S/C14H28N2OS/c1-17-12-3-7-14(11-15,8-4-12)16-9-5-13(18-2)6-10-16/h12-13H,3-11,15H2,1-2H3. The van der Waals surface area contributed by atoms with E-state index in [1.807, 2.05) is 18.9 Å². The first-order valence-electron chi connectivity index (χ1n) is 7.25. The molecule has 3 nitrogen and oxygen atoms in total. The maximum Gasteiger partial charge on any atom is 0.0572 e. The molecule has 106 valence electrons. The highest BCUT2D eigenvalue weighted by Crippen LogP contribution is 2.36. The Bertz CT molecular complexity index is 246. The summed E-state index contributed by atoms with van der Waals surface area (Å²) < 4.78 is 5.49. The Morgan fingerprint density at radius 2 is 1.83 bits per heavy atom. The van der Waals surface area contributed by atoms with E-state index in [-0.39, 0.29) is 5.54 Å². The van der Waals surface area contributed by atoms with Crippen molar-refractivity contribution in [3.05, 3.63) is 0 Å². The summed E-state index contributed by atoms with van der Waals surface area (Å²) in [5, 5.41) is 0.867. The lowest BCUT2D eigenvalue weighted by molar-refractivity contribution is -0.0135. The second-order valence-electron chi connectivity index (χ2n) is 5.79. The molecule has 2 fully saturated rings. The highest BCUT2D eigenvalue weighted by Gasteiger charge is 2.40. The normalized spacial score (nSPS) is 35.8. The molecule has 0 aromatic rings. The van der Waals surface area contributed by atoms with Crippen LogP contribution in [0.3, 0.4) is 0 Å². The van der Waals surface area contributed by atoms with Gasteiger partial charge in [0, 0.05) is 24.4 Å². The van der Waals surface area contributed by atoms with E-state index in [1.165, 1.54) is 51.6 Å². The first kappa shape index (κ1) is 14.6. The van der Waals surface area contributed by atoms with Gasteiger partial charge < -0.3 is 10.5 Å². The molecule has 0 bridgehead atoms. The monoisotopic (exact) mass is 272 g/mol. The first-order chi connectivity index (χ1) is 8.74. The van der Waals surface area contributed by atoms with E-state index in [9.17, 15) is 0 Å². The van der Waals surface area contributed by atoms with Crippen molar-refractivity contribution in [2.75, 3.05) is 33.0 Å². The molecule has 1 saturated carbocycles. The van der Waals surface area contributed by atoms with Crippen LogP contribution in [0.4, 0.5) is 0 Å². The third-order valence-corrected chi connectivity index (χ3v) is 6.16. The molecule has 0 spiro atoms. The summed E-state index contributed by atoms with van der Waals surface area (Å²) in [6.45, 7) is 3.29. The van der Waals surface area contributed by atoms with Crippen molar-refractivity contribution in [1.82, 2.24) is 4.90 Å². The molecule has 1 heterocycles. The Balaban J connectivity index is 1.92. The van der Waals surface area contributed by atoms with Crippen molar-refractivity contribution in [2.45, 2.75) is 55.4 Å². The van der Waals surface area contributed by atoms with Crippen LogP contribution in [0.1, 0.15) is 38.5 Å². The average Bonchev–Trinajstić information content (AvgIpc) is 2.47. The van der Waals surface area contributed by atoms with Crippen LogP contribution in [0, 0.1) is 0 Å². The van der Waals surface area contributed by atoms with Crippen LogP contribution in [0.25, 0.3) is 0 Å². The fourth-order valence-electron chi connectivity index (χ4n) is 3.58. The Morgan fingerprint density at radius 3 is 2.28 bits per heavy atom. The number of nitrogens with zero attached hydrogens (tertiary/aromatic N) is 1. The Labute approximate surface area is 116 Å². The highest BCUT2D eigenvalue weighted by molar-refractivity contribution is 7.99. The third kappa shape index (κ3) is 3.03. The number of ether oxygens (including phenoxy) is 1. The molecule has 1 aliphatic heterocycles. The van der Waals surface area contributed by atoms with Gasteiger partial charge in [0.2, 0.25) is 0 Å². The summed E-state index contributed by atoms with van der Waals surface area (Å²) in [6, 6.07) is 0. The molecule has 0 aromatic carbocycles. The highest BCUT2D eigenvalue weighted by atomic mass is 32.2. The number of likely N-dealkylation sites (tertiary alicyclic amines) is 1. The first-order valence-corrected chi connectivity index (χ1v) is 8.53. The molecule has 4 heteroatoms. The molecule has 1 saturated heterocycles. The predicted molar refractivity (Wildman–Crippen MR) is 79.2 cm³/mol. The van der Waals surface area contributed by atoms with Crippen LogP contribution in [0.15, 0.2) is 0 Å². The maximum atomic E-state index is 6.14. The molecule has 0 radical (unpaired) electrons. The third-order valence-electron chi connectivity index (χ3n) is 5.02. The summed E-state index contributed by atoms with van der Waals surface area (Å²) in [6.07, 6.45) is 10.1. The maximum absolute atomic E-state index is 6.14. The Kier molecular flexibility index (Phi) is 5.36. The number of methoxy groups -OCH3 is 1. The fraction of sp³-hybridized carbons (Fsp3) is 1.00. The fourth-order valence-corrected chi connectivity index (χ4v) is 4.26. The van der Waals surface area contributed by atoms with Crippen LogP contribution in [0.2, 0.25) is 0 Å². The molecule has 0 atom stereocenters. The lowest BCUT2D eigenvalue weighted by Gasteiger charge is -2.49. The molecule has 1 aliphatic carbocycles. The van der Waals surface area contributed by atoms with Gasteiger partial charge in [0.15, 0.2) is 0 Å². The molecule has 18 heavy (non-hydrogen) atoms.